The molecule has 0 N–H and O–H groups in total. The molecule has 1 aliphatic rings. The molecule has 2 aromatic rings. The molecular weight excluding hydrogens is 360 g/mol. The van der Waals surface area contributed by atoms with Crippen LogP contribution in [0.1, 0.15) is 10.4 Å². The van der Waals surface area contributed by atoms with Gasteiger partial charge in [-0.3, -0.25) is 14.9 Å². The standard InChI is InChI=1S/C20H24N4O4/c1-21-10-12-23(13-11-21)17-7-5-4-6-16(17)22(2)20(25)15-8-9-18(24(26)27)19(14-15)28-3/h4-9,14H,10-13H2,1-3H3. The molecule has 0 bridgehead atoms. The zero-order chi connectivity index (χ0) is 20.3. The van der Waals surface area contributed by atoms with Crippen LogP contribution >= 0.6 is 0 Å². The van der Waals surface area contributed by atoms with Crippen molar-refractivity contribution in [2.24, 2.45) is 0 Å². The zero-order valence-electron chi connectivity index (χ0n) is 16.3. The zero-order valence-corrected chi connectivity index (χ0v) is 16.3. The average molecular weight is 384 g/mol. The van der Waals surface area contributed by atoms with Crippen LogP contribution in [0.2, 0.25) is 0 Å². The van der Waals surface area contributed by atoms with Crippen molar-refractivity contribution in [1.82, 2.24) is 4.90 Å². The Bertz CT molecular complexity index is 878. The van der Waals surface area contributed by atoms with Crippen LogP contribution in [0.5, 0.6) is 5.75 Å². The summed E-state index contributed by atoms with van der Waals surface area (Å²) in [5.41, 5.74) is 1.97. The van der Waals surface area contributed by atoms with E-state index in [0.717, 1.165) is 37.6 Å². The van der Waals surface area contributed by atoms with Gasteiger partial charge < -0.3 is 19.4 Å². The summed E-state index contributed by atoms with van der Waals surface area (Å²) in [4.78, 5) is 29.7. The number of nitrogens with zero attached hydrogens (tertiary/aromatic N) is 4. The molecule has 1 amide bonds. The van der Waals surface area contributed by atoms with Gasteiger partial charge in [-0.15, -0.1) is 0 Å². The van der Waals surface area contributed by atoms with E-state index in [9.17, 15) is 14.9 Å². The van der Waals surface area contributed by atoms with Gasteiger partial charge in [0.2, 0.25) is 0 Å². The number of anilines is 2. The third kappa shape index (κ3) is 3.91. The number of hydrogen-bond acceptors (Lipinski definition) is 6. The smallest absolute Gasteiger partial charge is 0.310 e. The number of amides is 1. The van der Waals surface area contributed by atoms with Gasteiger partial charge in [-0.1, -0.05) is 12.1 Å². The SMILES string of the molecule is COc1cc(C(=O)N(C)c2ccccc2N2CCN(C)CC2)ccc1[N+](=O)[O-]. The fourth-order valence-corrected chi connectivity index (χ4v) is 3.33. The third-order valence-corrected chi connectivity index (χ3v) is 5.02. The van der Waals surface area contributed by atoms with E-state index in [1.807, 2.05) is 24.3 Å². The van der Waals surface area contributed by atoms with Crippen molar-refractivity contribution in [3.05, 3.63) is 58.1 Å². The first-order valence-electron chi connectivity index (χ1n) is 9.05. The Balaban J connectivity index is 1.89. The van der Waals surface area contributed by atoms with Crippen molar-refractivity contribution in [1.29, 1.82) is 0 Å². The number of nitro groups is 1. The molecule has 8 nitrogen and oxygen atoms in total. The Morgan fingerprint density at radius 2 is 1.82 bits per heavy atom. The molecule has 28 heavy (non-hydrogen) atoms. The molecule has 0 spiro atoms. The van der Waals surface area contributed by atoms with Gasteiger partial charge >= 0.3 is 5.69 Å². The van der Waals surface area contributed by atoms with Gasteiger partial charge in [0.25, 0.3) is 5.91 Å². The molecular formula is C20H24N4O4. The minimum Gasteiger partial charge on any atom is -0.490 e. The molecule has 0 saturated carbocycles. The number of ether oxygens (including phenoxy) is 1. The fraction of sp³-hybridized carbons (Fsp3) is 0.350. The predicted molar refractivity (Wildman–Crippen MR) is 109 cm³/mol. The highest BCUT2D eigenvalue weighted by Crippen LogP contribution is 2.32. The van der Waals surface area contributed by atoms with Crippen molar-refractivity contribution in [2.75, 3.05) is 57.2 Å². The normalized spacial score (nSPS) is 14.6. The Morgan fingerprint density at radius 1 is 1.14 bits per heavy atom. The number of carbonyl (C=O) groups is 1. The van der Waals surface area contributed by atoms with Gasteiger partial charge in [-0.25, -0.2) is 0 Å². The first-order chi connectivity index (χ1) is 13.4. The minimum atomic E-state index is -0.528. The summed E-state index contributed by atoms with van der Waals surface area (Å²) in [7, 11) is 5.16. The van der Waals surface area contributed by atoms with E-state index in [-0.39, 0.29) is 17.3 Å². The van der Waals surface area contributed by atoms with E-state index in [4.69, 9.17) is 4.74 Å². The van der Waals surface area contributed by atoms with Crippen LogP contribution in [-0.4, -0.2) is 63.1 Å². The van der Waals surface area contributed by atoms with Crippen molar-refractivity contribution in [3.63, 3.8) is 0 Å². The number of benzene rings is 2. The van der Waals surface area contributed by atoms with Crippen LogP contribution in [0.4, 0.5) is 17.1 Å². The molecule has 0 unspecified atom stereocenters. The number of piperazine rings is 1. The third-order valence-electron chi connectivity index (χ3n) is 5.02. The van der Waals surface area contributed by atoms with Crippen LogP contribution in [0.25, 0.3) is 0 Å². The van der Waals surface area contributed by atoms with Gasteiger partial charge in [0.05, 0.1) is 23.4 Å². The quantitative estimate of drug-likeness (QED) is 0.582. The Labute approximate surface area is 164 Å². The number of nitro benzene ring substituents is 1. The second kappa shape index (κ2) is 8.26. The molecule has 0 radical (unpaired) electrons. The highest BCUT2D eigenvalue weighted by Gasteiger charge is 2.23. The maximum Gasteiger partial charge on any atom is 0.310 e. The van der Waals surface area contributed by atoms with Crippen molar-refractivity contribution in [3.8, 4) is 5.75 Å². The van der Waals surface area contributed by atoms with Crippen molar-refractivity contribution >= 4 is 23.0 Å². The number of para-hydroxylation sites is 2. The van der Waals surface area contributed by atoms with Gasteiger partial charge in [0.15, 0.2) is 5.75 Å². The molecule has 148 valence electrons. The lowest BCUT2D eigenvalue weighted by atomic mass is 10.1. The maximum absolute atomic E-state index is 13.1. The summed E-state index contributed by atoms with van der Waals surface area (Å²) >= 11 is 0. The largest absolute Gasteiger partial charge is 0.490 e. The van der Waals surface area contributed by atoms with E-state index in [1.165, 1.54) is 25.3 Å². The van der Waals surface area contributed by atoms with E-state index in [0.29, 0.717) is 5.56 Å². The highest BCUT2D eigenvalue weighted by molar-refractivity contribution is 6.07. The summed E-state index contributed by atoms with van der Waals surface area (Å²) in [6, 6.07) is 12.0. The van der Waals surface area contributed by atoms with Crippen LogP contribution in [-0.2, 0) is 0 Å². The van der Waals surface area contributed by atoms with Crippen LogP contribution in [0.15, 0.2) is 42.5 Å². The van der Waals surface area contributed by atoms with Gasteiger partial charge in [-0.05, 0) is 25.2 Å². The first kappa shape index (κ1) is 19.6. The molecule has 3 rings (SSSR count). The number of hydrogen-bond donors (Lipinski definition) is 0. The molecule has 1 aliphatic heterocycles. The van der Waals surface area contributed by atoms with Crippen molar-refractivity contribution < 1.29 is 14.5 Å². The van der Waals surface area contributed by atoms with Crippen LogP contribution < -0.4 is 14.5 Å². The fourth-order valence-electron chi connectivity index (χ4n) is 3.33. The molecule has 1 saturated heterocycles. The molecule has 2 aromatic carbocycles. The maximum atomic E-state index is 13.1. The highest BCUT2D eigenvalue weighted by atomic mass is 16.6. The minimum absolute atomic E-state index is 0.0663. The summed E-state index contributed by atoms with van der Waals surface area (Å²) in [5, 5.41) is 11.1. The molecule has 1 fully saturated rings. The van der Waals surface area contributed by atoms with Crippen molar-refractivity contribution in [2.45, 2.75) is 0 Å². The lowest BCUT2D eigenvalue weighted by molar-refractivity contribution is -0.385. The monoisotopic (exact) mass is 384 g/mol. The van der Waals surface area contributed by atoms with Gasteiger partial charge in [0, 0.05) is 50.9 Å². The number of carbonyl (C=O) groups excluding carboxylic acids is 1. The number of methoxy groups -OCH3 is 1. The average Bonchev–Trinajstić information content (AvgIpc) is 2.72. The summed E-state index contributed by atoms with van der Waals surface area (Å²) < 4.78 is 5.09. The molecule has 0 aromatic heterocycles. The topological polar surface area (TPSA) is 79.2 Å². The Kier molecular flexibility index (Phi) is 5.79. The van der Waals surface area contributed by atoms with Crippen LogP contribution in [0.3, 0.4) is 0 Å². The number of likely N-dealkylation sites (N-methyl/N-ethyl adjacent to an activating group) is 1. The number of rotatable bonds is 5. The Morgan fingerprint density at radius 3 is 2.46 bits per heavy atom. The molecule has 0 aliphatic carbocycles. The molecule has 8 heteroatoms. The van der Waals surface area contributed by atoms with E-state index in [1.54, 1.807) is 11.9 Å². The van der Waals surface area contributed by atoms with E-state index >= 15 is 0 Å². The molecule has 1 heterocycles. The van der Waals surface area contributed by atoms with E-state index < -0.39 is 4.92 Å². The second-order valence-corrected chi connectivity index (χ2v) is 6.79. The Hall–Kier alpha value is -3.13. The summed E-state index contributed by atoms with van der Waals surface area (Å²) in [5.74, 6) is -0.189. The predicted octanol–water partition coefficient (Wildman–Crippen LogP) is 2.63. The van der Waals surface area contributed by atoms with Gasteiger partial charge in [-0.2, -0.15) is 0 Å². The lowest BCUT2D eigenvalue weighted by Gasteiger charge is -2.36. The first-order valence-corrected chi connectivity index (χ1v) is 9.05. The summed E-state index contributed by atoms with van der Waals surface area (Å²) in [6.45, 7) is 3.71. The summed E-state index contributed by atoms with van der Waals surface area (Å²) in [6.07, 6.45) is 0. The van der Waals surface area contributed by atoms with Crippen LogP contribution in [0, 0.1) is 10.1 Å². The second-order valence-electron chi connectivity index (χ2n) is 6.79. The molecule has 0 atom stereocenters. The van der Waals surface area contributed by atoms with E-state index in [2.05, 4.69) is 16.8 Å². The van der Waals surface area contributed by atoms with Gasteiger partial charge in [0.1, 0.15) is 0 Å². The lowest BCUT2D eigenvalue weighted by Crippen LogP contribution is -2.45.